The summed E-state index contributed by atoms with van der Waals surface area (Å²) in [6.45, 7) is 8.89. The average molecular weight is 1470 g/mol. The molecule has 0 unspecified atom stereocenters. The molecule has 0 saturated carbocycles. The molecule has 0 heterocycles. The van der Waals surface area contributed by atoms with E-state index in [0.717, 1.165) is 64.2 Å². The van der Waals surface area contributed by atoms with Gasteiger partial charge in [0.05, 0.1) is 0 Å². The molecular formula is C73H135K4N3O16+4. The van der Waals surface area contributed by atoms with Gasteiger partial charge in [-0.3, -0.25) is 38.4 Å². The molecule has 0 amide bonds. The topological polar surface area (TPSA) is 326 Å². The summed E-state index contributed by atoms with van der Waals surface area (Å²) in [5.74, 6) is -7.54. The molecule has 3 atom stereocenters. The van der Waals surface area contributed by atoms with Crippen molar-refractivity contribution < 1.29 is 283 Å². The zero-order chi connectivity index (χ0) is 68.9. The number of esters is 8. The van der Waals surface area contributed by atoms with Crippen LogP contribution in [0, 0.1) is 0 Å². The Kier molecular flexibility index (Phi) is 101. The van der Waals surface area contributed by atoms with Crippen LogP contribution < -0.4 is 223 Å². The molecule has 19 nitrogen and oxygen atoms in total. The molecule has 0 spiro atoms. The quantitative estimate of drug-likeness (QED) is 0.0169. The third kappa shape index (κ3) is 88.3. The number of hydrogen-bond acceptors (Lipinski definition) is 17. The molecule has 0 rings (SSSR count). The van der Waals surface area contributed by atoms with Gasteiger partial charge in [-0.15, -0.1) is 0 Å². The van der Waals surface area contributed by atoms with Crippen LogP contribution in [0.25, 0.3) is 0 Å². The van der Waals surface area contributed by atoms with Crippen LogP contribution in [0.3, 0.4) is 0 Å². The molecule has 0 radical (unpaired) electrons. The molecular weight excluding hydrogens is 1330 g/mol. The Balaban J connectivity index is -0.000000278. The molecule has 8 N–H and O–H groups in total. The maximum atomic E-state index is 12.0. The smallest absolute Gasteiger partial charge is 0.481 e. The van der Waals surface area contributed by atoms with Crippen LogP contribution in [-0.4, -0.2) is 88.0 Å². The second-order valence-corrected chi connectivity index (χ2v) is 25.3. The molecule has 0 aromatic carbocycles. The van der Waals surface area contributed by atoms with E-state index in [-0.39, 0.29) is 270 Å². The molecule has 0 aromatic rings. The van der Waals surface area contributed by atoms with E-state index in [9.17, 15) is 47.9 Å². The van der Waals surface area contributed by atoms with Gasteiger partial charge in [0.15, 0.2) is 0 Å². The minimum atomic E-state index is -1.17. The molecule has 538 valence electrons. The van der Waals surface area contributed by atoms with Crippen LogP contribution >= 0.6 is 0 Å². The Morgan fingerprint density at radius 3 is 0.594 bits per heavy atom. The van der Waals surface area contributed by atoms with E-state index in [1.807, 2.05) is 0 Å². The van der Waals surface area contributed by atoms with Crippen molar-refractivity contribution in [1.82, 2.24) is 0 Å². The van der Waals surface area contributed by atoms with E-state index in [0.29, 0.717) is 25.7 Å². The number of nitrogens with two attached hydrogens (primary N) is 3. The van der Waals surface area contributed by atoms with E-state index in [4.69, 9.17) is 46.4 Å². The molecule has 0 aliphatic heterocycles. The number of carboxylic acids is 2. The fourth-order valence-electron chi connectivity index (χ4n) is 10.2. The van der Waals surface area contributed by atoms with Gasteiger partial charge in [-0.1, -0.05) is 297 Å². The maximum absolute atomic E-state index is 12.0. The van der Waals surface area contributed by atoms with Crippen LogP contribution in [0.2, 0.25) is 0 Å². The summed E-state index contributed by atoms with van der Waals surface area (Å²) in [6.07, 6.45) is 55.2. The average Bonchev–Trinajstić information content (AvgIpc) is 3.62. The Morgan fingerprint density at radius 2 is 0.406 bits per heavy atom. The van der Waals surface area contributed by atoms with Crippen LogP contribution in [0.15, 0.2) is 0 Å². The number of hydrogen-bond donors (Lipinski definition) is 5. The largest absolute Gasteiger partial charge is 1.00 e. The normalized spacial score (nSPS) is 11.4. The van der Waals surface area contributed by atoms with Gasteiger partial charge in [0.25, 0.3) is 0 Å². The summed E-state index contributed by atoms with van der Waals surface area (Å²) < 4.78 is 19.3. The maximum Gasteiger partial charge on any atom is 1.00 e. The standard InChI is InChI=1S/2C34H63NO6.C5H9NO4.4K/c2*1-3-5-7-9-11-13-14-15-16-17-18-19-21-22-24-26-31(36)40-33(38)29-28-30(35)34(39)41-32(37)27-25-23-20-12-10-8-6-4-2;6-3(5(9)10)1-2-4(7)8;;;;/h2*30H,3-29,35H2,1-2H3;3H,1-2,6H2,(H,7,8)(H,9,10);;;;/q;;;4*+1/t2*30-;3-;;;;/m000..../s1. The van der Waals surface area contributed by atoms with Gasteiger partial charge >= 0.3 is 265 Å². The molecule has 96 heavy (non-hydrogen) atoms. The van der Waals surface area contributed by atoms with Crippen LogP contribution in [0.4, 0.5) is 0 Å². The van der Waals surface area contributed by atoms with Crippen molar-refractivity contribution in [3.05, 3.63) is 0 Å². The van der Waals surface area contributed by atoms with Gasteiger partial charge in [0.2, 0.25) is 0 Å². The van der Waals surface area contributed by atoms with Gasteiger partial charge in [-0.25, -0.2) is 9.59 Å². The van der Waals surface area contributed by atoms with Gasteiger partial charge in [0, 0.05) is 44.9 Å². The van der Waals surface area contributed by atoms with E-state index in [1.54, 1.807) is 0 Å². The number of unbranched alkanes of at least 4 members (excludes halogenated alkanes) is 42. The first-order chi connectivity index (χ1) is 44.3. The predicted octanol–water partition coefficient (Wildman–Crippen LogP) is 5.33. The molecule has 0 saturated heterocycles. The van der Waals surface area contributed by atoms with Crippen LogP contribution in [0.5, 0.6) is 0 Å². The first-order valence-corrected chi connectivity index (χ1v) is 37.0. The molecule has 0 aliphatic rings. The van der Waals surface area contributed by atoms with Crippen molar-refractivity contribution in [2.75, 3.05) is 0 Å². The second-order valence-electron chi connectivity index (χ2n) is 25.3. The summed E-state index contributed by atoms with van der Waals surface area (Å²) in [5.41, 5.74) is 16.5. The molecule has 0 aromatic heterocycles. The van der Waals surface area contributed by atoms with E-state index < -0.39 is 77.8 Å². The van der Waals surface area contributed by atoms with Crippen LogP contribution in [-0.2, 0) is 66.9 Å². The van der Waals surface area contributed by atoms with Crippen molar-refractivity contribution in [2.45, 2.75) is 405 Å². The van der Waals surface area contributed by atoms with E-state index >= 15 is 0 Å². The summed E-state index contributed by atoms with van der Waals surface area (Å²) in [5, 5.41) is 16.3. The molecule has 23 heteroatoms. The third-order valence-electron chi connectivity index (χ3n) is 16.2. The Morgan fingerprint density at radius 1 is 0.240 bits per heavy atom. The van der Waals surface area contributed by atoms with Gasteiger partial charge in [0.1, 0.15) is 18.1 Å². The second kappa shape index (κ2) is 87.6. The van der Waals surface area contributed by atoms with E-state index in [1.165, 1.54) is 205 Å². The zero-order valence-corrected chi connectivity index (χ0v) is 75.2. The van der Waals surface area contributed by atoms with Gasteiger partial charge in [-0.2, -0.15) is 0 Å². The van der Waals surface area contributed by atoms with Gasteiger partial charge in [-0.05, 0) is 44.9 Å². The van der Waals surface area contributed by atoms with Crippen LogP contribution in [0.1, 0.15) is 387 Å². The van der Waals surface area contributed by atoms with Crippen molar-refractivity contribution >= 4 is 59.7 Å². The molecule has 0 bridgehead atoms. The first kappa shape index (κ1) is 111. The number of carboxylic acid groups (broad SMARTS) is 2. The molecule has 0 aliphatic carbocycles. The number of aliphatic carboxylic acids is 2. The SMILES string of the molecule is CCCCCCCCCCCCCCCCCC(=O)OC(=O)CC[C@H](N)C(=O)OC(=O)CCCCCCCCCC.CCCCCCCCCCCCCCCCCC(=O)OC(=O)CC[C@H](N)C(=O)OC(=O)CCCCCCCCCC.N[C@@H](CCC(=O)O)C(=O)O.[K+].[K+].[K+].[K+]. The minimum Gasteiger partial charge on any atom is -0.481 e. The van der Waals surface area contributed by atoms with Crippen molar-refractivity contribution in [3.8, 4) is 0 Å². The predicted molar refractivity (Wildman–Crippen MR) is 365 cm³/mol. The van der Waals surface area contributed by atoms with E-state index in [2.05, 4.69) is 27.7 Å². The Hall–Kier alpha value is 1.93. The monoisotopic (exact) mass is 1470 g/mol. The number of carbonyl (C=O) groups excluding carboxylic acids is 8. The Labute approximate surface area is 752 Å². The third-order valence-corrected chi connectivity index (χ3v) is 16.2. The summed E-state index contributed by atoms with van der Waals surface area (Å²) in [7, 11) is 0. The van der Waals surface area contributed by atoms with Crippen molar-refractivity contribution in [1.29, 1.82) is 0 Å². The Bertz CT molecular complexity index is 1760. The zero-order valence-electron chi connectivity index (χ0n) is 62.7. The fourth-order valence-corrected chi connectivity index (χ4v) is 10.2. The summed E-state index contributed by atoms with van der Waals surface area (Å²) in [6, 6.07) is -3.26. The number of carbonyl (C=O) groups is 10. The molecule has 0 fully saturated rings. The number of ether oxygens (including phenoxy) is 4. The van der Waals surface area contributed by atoms with Gasteiger partial charge < -0.3 is 46.4 Å². The summed E-state index contributed by atoms with van der Waals surface area (Å²) >= 11 is 0. The van der Waals surface area contributed by atoms with Crippen molar-refractivity contribution in [2.24, 2.45) is 17.2 Å². The summed E-state index contributed by atoms with van der Waals surface area (Å²) in [4.78, 5) is 115. The minimum absolute atomic E-state index is 0. The first-order valence-electron chi connectivity index (χ1n) is 37.0. The van der Waals surface area contributed by atoms with Crippen molar-refractivity contribution in [3.63, 3.8) is 0 Å². The fraction of sp³-hybridized carbons (Fsp3) is 0.863. The number of rotatable bonds is 62.